The first-order chi connectivity index (χ1) is 9.31. The van der Waals surface area contributed by atoms with Gasteiger partial charge in [-0.3, -0.25) is 5.32 Å². The molecular weight excluding hydrogens is 280 g/mol. The van der Waals surface area contributed by atoms with Crippen LogP contribution < -0.4 is 10.6 Å². The zero-order valence-corrected chi connectivity index (χ0v) is 13.2. The smallest absolute Gasteiger partial charge is 0.343 e. The number of hydrogen-bond donors (Lipinski definition) is 2. The standard InChI is InChI=1S/C12H22N4O3S/c1-12(2,3)15-9(17)13-10(20-4)14-11(18)16-5-7-19-8-6-16/h5-8H2,1-4H3,(H2,13,14,15,17,18). The van der Waals surface area contributed by atoms with Gasteiger partial charge < -0.3 is 15.0 Å². The summed E-state index contributed by atoms with van der Waals surface area (Å²) in [6.45, 7) is 7.75. The molecule has 7 nitrogen and oxygen atoms in total. The van der Waals surface area contributed by atoms with Crippen molar-refractivity contribution in [2.45, 2.75) is 26.3 Å². The second-order valence-electron chi connectivity index (χ2n) is 5.33. The SMILES string of the molecule is CSC(=NC(=O)NC(C)(C)C)NC(=O)N1CCOCC1. The molecule has 0 unspecified atom stereocenters. The molecule has 0 bridgehead atoms. The highest BCUT2D eigenvalue weighted by Gasteiger charge is 2.19. The van der Waals surface area contributed by atoms with Crippen LogP contribution in [0.25, 0.3) is 0 Å². The fraction of sp³-hybridized carbons (Fsp3) is 0.750. The molecule has 2 N–H and O–H groups in total. The molecule has 0 spiro atoms. The lowest BCUT2D eigenvalue weighted by Crippen LogP contribution is -2.48. The first kappa shape index (κ1) is 16.8. The minimum atomic E-state index is -0.468. The average Bonchev–Trinajstić information content (AvgIpc) is 2.36. The summed E-state index contributed by atoms with van der Waals surface area (Å²) in [4.78, 5) is 29.1. The number of urea groups is 2. The fourth-order valence-electron chi connectivity index (χ4n) is 1.50. The summed E-state index contributed by atoms with van der Waals surface area (Å²) in [5.41, 5.74) is -0.363. The summed E-state index contributed by atoms with van der Waals surface area (Å²) >= 11 is 1.22. The Kier molecular flexibility index (Phi) is 6.28. The Morgan fingerprint density at radius 1 is 1.25 bits per heavy atom. The van der Waals surface area contributed by atoms with Crippen LogP contribution in [0.15, 0.2) is 4.99 Å². The fourth-order valence-corrected chi connectivity index (χ4v) is 1.87. The topological polar surface area (TPSA) is 83.0 Å². The molecule has 0 aromatic carbocycles. The number of hydrogen-bond acceptors (Lipinski definition) is 4. The van der Waals surface area contributed by atoms with Crippen molar-refractivity contribution in [2.75, 3.05) is 32.6 Å². The molecule has 0 radical (unpaired) electrons. The maximum atomic E-state index is 12.0. The number of rotatable bonds is 0. The van der Waals surface area contributed by atoms with Crippen molar-refractivity contribution in [1.29, 1.82) is 0 Å². The third kappa shape index (κ3) is 6.25. The lowest BCUT2D eigenvalue weighted by atomic mass is 10.1. The van der Waals surface area contributed by atoms with E-state index < -0.39 is 6.03 Å². The molecular formula is C12H22N4O3S. The van der Waals surface area contributed by atoms with Crippen LogP contribution in [0.3, 0.4) is 0 Å². The maximum absolute atomic E-state index is 12.0. The number of amidine groups is 1. The van der Waals surface area contributed by atoms with Crippen LogP contribution in [0.1, 0.15) is 20.8 Å². The molecule has 1 heterocycles. The van der Waals surface area contributed by atoms with E-state index in [1.54, 1.807) is 11.2 Å². The van der Waals surface area contributed by atoms with Crippen molar-refractivity contribution in [2.24, 2.45) is 4.99 Å². The molecule has 1 aliphatic rings. The number of nitrogens with one attached hydrogen (secondary N) is 2. The molecule has 4 amide bonds. The molecule has 0 aliphatic carbocycles. The minimum absolute atomic E-state index is 0.259. The van der Waals surface area contributed by atoms with Gasteiger partial charge >= 0.3 is 12.1 Å². The van der Waals surface area contributed by atoms with Crippen LogP contribution >= 0.6 is 11.8 Å². The lowest BCUT2D eigenvalue weighted by molar-refractivity contribution is 0.0544. The van der Waals surface area contributed by atoms with Crippen molar-refractivity contribution in [3.8, 4) is 0 Å². The minimum Gasteiger partial charge on any atom is -0.378 e. The Balaban J connectivity index is 2.57. The molecule has 1 fully saturated rings. The Morgan fingerprint density at radius 2 is 1.85 bits per heavy atom. The second kappa shape index (κ2) is 7.49. The number of thioether (sulfide) groups is 1. The summed E-state index contributed by atoms with van der Waals surface area (Å²) in [6, 6.07) is -0.728. The summed E-state index contributed by atoms with van der Waals surface area (Å²) < 4.78 is 5.18. The van der Waals surface area contributed by atoms with Crippen molar-refractivity contribution >= 4 is 29.0 Å². The van der Waals surface area contributed by atoms with E-state index in [1.165, 1.54) is 11.8 Å². The van der Waals surface area contributed by atoms with Crippen molar-refractivity contribution < 1.29 is 14.3 Å². The van der Waals surface area contributed by atoms with Crippen LogP contribution in [0.4, 0.5) is 9.59 Å². The molecule has 0 saturated carbocycles. The number of aliphatic imine (C=N–C) groups is 1. The van der Waals surface area contributed by atoms with E-state index in [0.717, 1.165) is 0 Å². The average molecular weight is 302 g/mol. The Hall–Kier alpha value is -1.28. The number of ether oxygens (including phenoxy) is 1. The van der Waals surface area contributed by atoms with Gasteiger partial charge in [0.25, 0.3) is 0 Å². The highest BCUT2D eigenvalue weighted by Crippen LogP contribution is 2.03. The normalized spacial score (nSPS) is 16.8. The molecule has 0 aromatic rings. The molecule has 8 heteroatoms. The number of morpholine rings is 1. The van der Waals surface area contributed by atoms with Crippen LogP contribution in [0.2, 0.25) is 0 Å². The van der Waals surface area contributed by atoms with Gasteiger partial charge in [-0.15, -0.1) is 0 Å². The van der Waals surface area contributed by atoms with Gasteiger partial charge in [0.15, 0.2) is 5.17 Å². The molecule has 114 valence electrons. The summed E-state index contributed by atoms with van der Waals surface area (Å²) in [5.74, 6) is 0. The van der Waals surface area contributed by atoms with Crippen molar-refractivity contribution in [1.82, 2.24) is 15.5 Å². The van der Waals surface area contributed by atoms with Crippen LogP contribution in [-0.4, -0.2) is 60.2 Å². The van der Waals surface area contributed by atoms with E-state index >= 15 is 0 Å². The van der Waals surface area contributed by atoms with Gasteiger partial charge in [0.2, 0.25) is 0 Å². The molecule has 0 aromatic heterocycles. The predicted molar refractivity (Wildman–Crippen MR) is 80.2 cm³/mol. The summed E-state index contributed by atoms with van der Waals surface area (Å²) in [7, 11) is 0. The third-order valence-corrected chi connectivity index (χ3v) is 2.97. The zero-order chi connectivity index (χ0) is 15.2. The number of nitrogens with zero attached hydrogens (tertiary/aromatic N) is 2. The van der Waals surface area contributed by atoms with E-state index in [0.29, 0.717) is 26.3 Å². The van der Waals surface area contributed by atoms with Crippen LogP contribution in [0.5, 0.6) is 0 Å². The highest BCUT2D eigenvalue weighted by atomic mass is 32.2. The van der Waals surface area contributed by atoms with E-state index in [-0.39, 0.29) is 16.7 Å². The van der Waals surface area contributed by atoms with Crippen LogP contribution in [-0.2, 0) is 4.74 Å². The summed E-state index contributed by atoms with van der Waals surface area (Å²) in [6.07, 6.45) is 1.75. The Bertz CT molecular complexity index is 387. The van der Waals surface area contributed by atoms with Gasteiger partial charge in [-0.2, -0.15) is 4.99 Å². The zero-order valence-electron chi connectivity index (χ0n) is 12.4. The number of carbonyl (C=O) groups excluding carboxylic acids is 2. The molecule has 1 rings (SSSR count). The number of carbonyl (C=O) groups is 2. The van der Waals surface area contributed by atoms with Gasteiger partial charge in [0.05, 0.1) is 13.2 Å². The van der Waals surface area contributed by atoms with Crippen molar-refractivity contribution in [3.63, 3.8) is 0 Å². The van der Waals surface area contributed by atoms with Gasteiger partial charge in [-0.1, -0.05) is 11.8 Å². The molecule has 1 aliphatic heterocycles. The van der Waals surface area contributed by atoms with Gasteiger partial charge in [0, 0.05) is 18.6 Å². The molecule has 0 atom stereocenters. The second-order valence-corrected chi connectivity index (χ2v) is 6.13. The summed E-state index contributed by atoms with van der Waals surface area (Å²) in [5, 5.41) is 5.63. The van der Waals surface area contributed by atoms with E-state index in [4.69, 9.17) is 4.74 Å². The monoisotopic (exact) mass is 302 g/mol. The van der Waals surface area contributed by atoms with Gasteiger partial charge in [-0.05, 0) is 27.0 Å². The lowest BCUT2D eigenvalue weighted by Gasteiger charge is -2.27. The number of amides is 4. The van der Waals surface area contributed by atoms with E-state index in [9.17, 15) is 9.59 Å². The largest absolute Gasteiger partial charge is 0.378 e. The first-order valence-corrected chi connectivity index (χ1v) is 7.63. The maximum Gasteiger partial charge on any atom is 0.343 e. The first-order valence-electron chi connectivity index (χ1n) is 6.40. The predicted octanol–water partition coefficient (Wildman–Crippen LogP) is 1.26. The molecule has 20 heavy (non-hydrogen) atoms. The van der Waals surface area contributed by atoms with Crippen LogP contribution in [0, 0.1) is 0 Å². The van der Waals surface area contributed by atoms with Gasteiger partial charge in [0.1, 0.15) is 0 Å². The third-order valence-electron chi connectivity index (χ3n) is 2.39. The van der Waals surface area contributed by atoms with Gasteiger partial charge in [-0.25, -0.2) is 9.59 Å². The molecule has 1 saturated heterocycles. The van der Waals surface area contributed by atoms with Crippen molar-refractivity contribution in [3.05, 3.63) is 0 Å². The Labute approximate surface area is 123 Å². The highest BCUT2D eigenvalue weighted by molar-refractivity contribution is 8.13. The quantitative estimate of drug-likeness (QED) is 0.521. The van der Waals surface area contributed by atoms with E-state index in [2.05, 4.69) is 15.6 Å². The Morgan fingerprint density at radius 3 is 2.35 bits per heavy atom. The van der Waals surface area contributed by atoms with E-state index in [1.807, 2.05) is 20.8 Å².